The lowest BCUT2D eigenvalue weighted by molar-refractivity contribution is -0.137. The molecule has 202 valence electrons. The molecule has 0 N–H and O–H groups in total. The number of carbonyl (C=O) groups is 1. The van der Waals surface area contributed by atoms with Crippen molar-refractivity contribution in [3.63, 3.8) is 0 Å². The molecule has 0 spiro atoms. The zero-order chi connectivity index (χ0) is 27.7. The molecule has 1 amide bonds. The highest BCUT2D eigenvalue weighted by atomic mass is 35.5. The maximum Gasteiger partial charge on any atom is 0.417 e. The zero-order valence-electron chi connectivity index (χ0n) is 20.3. The van der Waals surface area contributed by atoms with Crippen molar-refractivity contribution >= 4 is 38.9 Å². The normalized spacial score (nSPS) is 14.5. The summed E-state index contributed by atoms with van der Waals surface area (Å²) >= 11 is 5.75. The third-order valence-corrected chi connectivity index (χ3v) is 8.37. The highest BCUT2D eigenvalue weighted by Gasteiger charge is 2.36. The molecule has 1 saturated heterocycles. The summed E-state index contributed by atoms with van der Waals surface area (Å²) in [5, 5.41) is -0.586. The van der Waals surface area contributed by atoms with E-state index in [1.165, 1.54) is 29.2 Å². The number of hydrogen-bond donors (Lipinski definition) is 0. The van der Waals surface area contributed by atoms with E-state index in [0.29, 0.717) is 23.5 Å². The fourth-order valence-electron chi connectivity index (χ4n) is 4.13. The Balaban J connectivity index is 1.61. The molecule has 1 aliphatic rings. The fraction of sp³-hybridized carbons (Fsp3) is 0.269. The molecule has 3 aromatic carbocycles. The Kier molecular flexibility index (Phi) is 7.89. The van der Waals surface area contributed by atoms with Crippen molar-refractivity contribution in [2.24, 2.45) is 0 Å². The number of amides is 1. The predicted octanol–water partition coefficient (Wildman–Crippen LogP) is 5.35. The van der Waals surface area contributed by atoms with Gasteiger partial charge < -0.3 is 9.80 Å². The molecule has 0 radical (unpaired) electrons. The molecule has 3 aromatic rings. The van der Waals surface area contributed by atoms with Crippen LogP contribution >= 0.6 is 11.6 Å². The molecule has 0 unspecified atom stereocenters. The molecular formula is C26H24ClF4N3O3S. The van der Waals surface area contributed by atoms with Crippen molar-refractivity contribution in [1.29, 1.82) is 0 Å². The van der Waals surface area contributed by atoms with Gasteiger partial charge in [0.25, 0.3) is 10.0 Å². The van der Waals surface area contributed by atoms with Crippen molar-refractivity contribution in [3.8, 4) is 0 Å². The van der Waals surface area contributed by atoms with E-state index >= 15 is 0 Å². The van der Waals surface area contributed by atoms with E-state index < -0.39 is 39.2 Å². The summed E-state index contributed by atoms with van der Waals surface area (Å²) in [6.07, 6.45) is -4.83. The maximum atomic E-state index is 13.6. The predicted molar refractivity (Wildman–Crippen MR) is 137 cm³/mol. The second-order valence-corrected chi connectivity index (χ2v) is 11.1. The van der Waals surface area contributed by atoms with Crippen LogP contribution in [0, 0.1) is 12.7 Å². The molecule has 0 aromatic heterocycles. The van der Waals surface area contributed by atoms with Gasteiger partial charge in [-0.3, -0.25) is 9.10 Å². The standard InChI is InChI=1S/C26H24ClF4N3O3S/c1-18-2-9-22(10-3-18)38(36,37)34(21-8-11-24(27)23(16-21)26(29,30)31)17-25(35)33-14-12-32(13-15-33)20-6-4-19(28)5-7-20/h2-11,16H,12-15,17H2,1H3. The number of aryl methyl sites for hydroxylation is 1. The number of nitrogens with zero attached hydrogens (tertiary/aromatic N) is 3. The van der Waals surface area contributed by atoms with Crippen LogP contribution in [0.2, 0.25) is 5.02 Å². The number of alkyl halides is 3. The van der Waals surface area contributed by atoms with Crippen LogP contribution < -0.4 is 9.21 Å². The summed E-state index contributed by atoms with van der Waals surface area (Å²) in [7, 11) is -4.41. The topological polar surface area (TPSA) is 60.9 Å². The SMILES string of the molecule is Cc1ccc(S(=O)(=O)N(CC(=O)N2CCN(c3ccc(F)cc3)CC2)c2ccc(Cl)c(C(F)(F)F)c2)cc1. The van der Waals surface area contributed by atoms with Crippen molar-refractivity contribution < 1.29 is 30.8 Å². The Labute approximate surface area is 223 Å². The van der Waals surface area contributed by atoms with Crippen LogP contribution in [0.3, 0.4) is 0 Å². The van der Waals surface area contributed by atoms with Crippen LogP contribution in [0.1, 0.15) is 11.1 Å². The Morgan fingerprint density at radius 3 is 2.13 bits per heavy atom. The van der Waals surface area contributed by atoms with E-state index in [0.717, 1.165) is 23.4 Å². The van der Waals surface area contributed by atoms with Crippen molar-refractivity contribution in [3.05, 3.63) is 88.7 Å². The number of sulfonamides is 1. The summed E-state index contributed by atoms with van der Waals surface area (Å²) < 4.78 is 81.7. The van der Waals surface area contributed by atoms with Crippen LogP contribution in [0.25, 0.3) is 0 Å². The van der Waals surface area contributed by atoms with Crippen molar-refractivity contribution in [2.45, 2.75) is 18.0 Å². The third-order valence-electron chi connectivity index (χ3n) is 6.26. The van der Waals surface area contributed by atoms with Crippen molar-refractivity contribution in [1.82, 2.24) is 4.90 Å². The summed E-state index contributed by atoms with van der Waals surface area (Å²) in [4.78, 5) is 16.5. The van der Waals surface area contributed by atoms with Gasteiger partial charge in [0.15, 0.2) is 0 Å². The van der Waals surface area contributed by atoms with E-state index in [2.05, 4.69) is 0 Å². The number of rotatable bonds is 6. The van der Waals surface area contributed by atoms with Crippen LogP contribution in [0.4, 0.5) is 28.9 Å². The molecule has 0 bridgehead atoms. The number of halogens is 5. The average molecular weight is 570 g/mol. The summed E-state index contributed by atoms with van der Waals surface area (Å²) in [5.41, 5.74) is 0.0288. The largest absolute Gasteiger partial charge is 0.417 e. The van der Waals surface area contributed by atoms with Gasteiger partial charge in [0.05, 0.1) is 21.2 Å². The van der Waals surface area contributed by atoms with Crippen LogP contribution in [-0.4, -0.2) is 51.9 Å². The van der Waals surface area contributed by atoms with E-state index in [1.54, 1.807) is 31.2 Å². The van der Waals surface area contributed by atoms with Gasteiger partial charge >= 0.3 is 6.18 Å². The van der Waals surface area contributed by atoms with Gasteiger partial charge in [-0.2, -0.15) is 13.2 Å². The quantitative estimate of drug-likeness (QED) is 0.376. The number of piperazine rings is 1. The first-order valence-corrected chi connectivity index (χ1v) is 13.4. The van der Waals surface area contributed by atoms with Gasteiger partial charge in [0.2, 0.25) is 5.91 Å². The number of anilines is 2. The molecule has 1 fully saturated rings. The van der Waals surface area contributed by atoms with E-state index in [4.69, 9.17) is 11.6 Å². The molecule has 12 heteroatoms. The van der Waals surface area contributed by atoms with Gasteiger partial charge in [-0.25, -0.2) is 12.8 Å². The zero-order valence-corrected chi connectivity index (χ0v) is 21.8. The number of carbonyl (C=O) groups excluding carboxylic acids is 1. The van der Waals surface area contributed by atoms with Crippen LogP contribution in [0.15, 0.2) is 71.6 Å². The van der Waals surface area contributed by atoms with Gasteiger partial charge in [-0.05, 0) is 61.5 Å². The van der Waals surface area contributed by atoms with Gasteiger partial charge in [0.1, 0.15) is 12.4 Å². The summed E-state index contributed by atoms with van der Waals surface area (Å²) in [5.74, 6) is -0.934. The highest BCUT2D eigenvalue weighted by Crippen LogP contribution is 2.38. The van der Waals surface area contributed by atoms with Crippen LogP contribution in [-0.2, 0) is 21.0 Å². The Morgan fingerprint density at radius 2 is 1.55 bits per heavy atom. The molecule has 0 aliphatic carbocycles. The summed E-state index contributed by atoms with van der Waals surface area (Å²) in [6.45, 7) is 2.40. The first-order chi connectivity index (χ1) is 17.9. The first kappa shape index (κ1) is 27.7. The monoisotopic (exact) mass is 569 g/mol. The lowest BCUT2D eigenvalue weighted by atomic mass is 10.2. The third kappa shape index (κ3) is 6.05. The molecule has 0 atom stereocenters. The minimum Gasteiger partial charge on any atom is -0.368 e. The Morgan fingerprint density at radius 1 is 0.947 bits per heavy atom. The fourth-order valence-corrected chi connectivity index (χ4v) is 5.76. The van der Waals surface area contributed by atoms with E-state index in [9.17, 15) is 30.8 Å². The molecule has 4 rings (SSSR count). The Hall–Kier alpha value is -3.31. The molecular weight excluding hydrogens is 546 g/mol. The highest BCUT2D eigenvalue weighted by molar-refractivity contribution is 7.92. The van der Waals surface area contributed by atoms with Crippen molar-refractivity contribution in [2.75, 3.05) is 41.9 Å². The summed E-state index contributed by atoms with van der Waals surface area (Å²) in [6, 6.07) is 14.5. The van der Waals surface area contributed by atoms with Crippen LogP contribution in [0.5, 0.6) is 0 Å². The molecule has 38 heavy (non-hydrogen) atoms. The lowest BCUT2D eigenvalue weighted by Gasteiger charge is -2.37. The molecule has 0 saturated carbocycles. The average Bonchev–Trinajstić information content (AvgIpc) is 2.87. The minimum absolute atomic E-state index is 0.166. The van der Waals surface area contributed by atoms with Gasteiger partial charge in [-0.15, -0.1) is 0 Å². The molecule has 1 heterocycles. The smallest absolute Gasteiger partial charge is 0.368 e. The number of benzene rings is 3. The van der Waals surface area contributed by atoms with E-state index in [1.807, 2.05) is 4.90 Å². The maximum absolute atomic E-state index is 13.6. The minimum atomic E-state index is -4.83. The molecule has 1 aliphatic heterocycles. The van der Waals surface area contributed by atoms with Gasteiger partial charge in [0, 0.05) is 31.9 Å². The lowest BCUT2D eigenvalue weighted by Crippen LogP contribution is -2.52. The Bertz CT molecular complexity index is 1410. The number of hydrogen-bond acceptors (Lipinski definition) is 4. The second kappa shape index (κ2) is 10.8. The van der Waals surface area contributed by atoms with Gasteiger partial charge in [-0.1, -0.05) is 29.3 Å². The second-order valence-electron chi connectivity index (χ2n) is 8.83. The van der Waals surface area contributed by atoms with E-state index in [-0.39, 0.29) is 29.5 Å². The molecule has 6 nitrogen and oxygen atoms in total. The first-order valence-electron chi connectivity index (χ1n) is 11.6.